The summed E-state index contributed by atoms with van der Waals surface area (Å²) >= 11 is 1.36. The summed E-state index contributed by atoms with van der Waals surface area (Å²) in [5.74, 6) is 8.99. The van der Waals surface area contributed by atoms with Crippen molar-refractivity contribution in [1.29, 1.82) is 0 Å². The predicted molar refractivity (Wildman–Crippen MR) is 99.1 cm³/mol. The van der Waals surface area contributed by atoms with E-state index in [9.17, 15) is 4.79 Å². The zero-order chi connectivity index (χ0) is 18.8. The summed E-state index contributed by atoms with van der Waals surface area (Å²) in [6.07, 6.45) is 1.87. The van der Waals surface area contributed by atoms with Crippen molar-refractivity contribution < 1.29 is 18.7 Å². The molecular weight excluding hydrogens is 370 g/mol. The lowest BCUT2D eigenvalue weighted by atomic mass is 10.2. The van der Waals surface area contributed by atoms with Crippen molar-refractivity contribution in [2.75, 3.05) is 23.7 Å². The fraction of sp³-hybridized carbons (Fsp3) is 0.235. The maximum atomic E-state index is 12.1. The third-order valence-electron chi connectivity index (χ3n) is 3.98. The Labute approximate surface area is 158 Å². The van der Waals surface area contributed by atoms with Crippen LogP contribution in [-0.2, 0) is 4.79 Å². The van der Waals surface area contributed by atoms with Crippen LogP contribution in [0.15, 0.2) is 40.1 Å². The van der Waals surface area contributed by atoms with E-state index < -0.39 is 0 Å². The van der Waals surface area contributed by atoms with Crippen LogP contribution in [0.25, 0.3) is 11.4 Å². The van der Waals surface area contributed by atoms with Crippen molar-refractivity contribution in [1.82, 2.24) is 14.9 Å². The molecule has 3 N–H and O–H groups in total. The summed E-state index contributed by atoms with van der Waals surface area (Å²) in [7, 11) is 0. The first-order chi connectivity index (χ1) is 13.1. The zero-order valence-corrected chi connectivity index (χ0v) is 15.3. The molecule has 0 fully saturated rings. The van der Waals surface area contributed by atoms with Gasteiger partial charge in [-0.15, -0.1) is 10.2 Å². The van der Waals surface area contributed by atoms with E-state index in [2.05, 4.69) is 15.5 Å². The first-order valence-corrected chi connectivity index (χ1v) is 9.17. The molecule has 0 radical (unpaired) electrons. The number of nitrogens with zero attached hydrogens (tertiary/aromatic N) is 3. The Bertz CT molecular complexity index is 984. The molecule has 27 heavy (non-hydrogen) atoms. The highest BCUT2D eigenvalue weighted by molar-refractivity contribution is 7.99. The van der Waals surface area contributed by atoms with Gasteiger partial charge >= 0.3 is 0 Å². The number of hydrogen-bond acceptors (Lipinski definition) is 8. The molecule has 1 aliphatic rings. The first kappa shape index (κ1) is 17.3. The molecule has 0 spiro atoms. The average molecular weight is 387 g/mol. The van der Waals surface area contributed by atoms with E-state index in [-0.39, 0.29) is 12.7 Å². The molecular formula is C17H17N5O4S. The van der Waals surface area contributed by atoms with Gasteiger partial charge in [-0.3, -0.25) is 4.79 Å². The summed E-state index contributed by atoms with van der Waals surface area (Å²) < 4.78 is 17.2. The number of carbonyl (C=O) groups is 1. The number of amides is 1. The van der Waals surface area contributed by atoms with Crippen LogP contribution in [0, 0.1) is 6.92 Å². The Morgan fingerprint density at radius 3 is 2.96 bits per heavy atom. The Balaban J connectivity index is 1.32. The topological polar surface area (TPSA) is 117 Å². The molecule has 1 aromatic carbocycles. The highest BCUT2D eigenvalue weighted by Crippen LogP contribution is 2.34. The first-order valence-electron chi connectivity index (χ1n) is 8.19. The van der Waals surface area contributed by atoms with Crippen molar-refractivity contribution in [2.24, 2.45) is 0 Å². The third kappa shape index (κ3) is 3.56. The van der Waals surface area contributed by atoms with E-state index >= 15 is 0 Å². The Kier molecular flexibility index (Phi) is 4.63. The van der Waals surface area contributed by atoms with Gasteiger partial charge in [-0.05, 0) is 25.1 Å². The quantitative estimate of drug-likeness (QED) is 0.489. The molecule has 140 valence electrons. The van der Waals surface area contributed by atoms with Crippen molar-refractivity contribution in [3.8, 4) is 22.9 Å². The van der Waals surface area contributed by atoms with Gasteiger partial charge in [0.25, 0.3) is 0 Å². The van der Waals surface area contributed by atoms with E-state index in [1.54, 1.807) is 30.5 Å². The lowest BCUT2D eigenvalue weighted by molar-refractivity contribution is -0.115. The summed E-state index contributed by atoms with van der Waals surface area (Å²) in [5, 5.41) is 11.5. The van der Waals surface area contributed by atoms with Crippen LogP contribution in [0.4, 0.5) is 5.69 Å². The van der Waals surface area contributed by atoms with Crippen LogP contribution in [0.1, 0.15) is 12.2 Å². The fourth-order valence-corrected chi connectivity index (χ4v) is 3.40. The second kappa shape index (κ2) is 7.23. The molecule has 3 aromatic rings. The normalized spacial score (nSPS) is 12.3. The lowest BCUT2D eigenvalue weighted by Gasteiger charge is -2.06. The predicted octanol–water partition coefficient (Wildman–Crippen LogP) is 2.41. The molecule has 0 saturated heterocycles. The van der Waals surface area contributed by atoms with Gasteiger partial charge in [0.1, 0.15) is 5.76 Å². The minimum atomic E-state index is -0.115. The van der Waals surface area contributed by atoms with Gasteiger partial charge in [0.05, 0.1) is 11.8 Å². The molecule has 2 aromatic heterocycles. The minimum absolute atomic E-state index is 0.115. The third-order valence-corrected chi connectivity index (χ3v) is 4.93. The number of anilines is 1. The standard InChI is InChI=1S/C17H17N5O4S/c1-10-12(4-6-24-10)16-20-21-17(22(16)18)27-7-5-15(23)19-11-2-3-13-14(8-11)26-9-25-13/h2-4,6,8H,5,7,9,18H2,1H3,(H,19,23). The number of thioether (sulfide) groups is 1. The molecule has 9 nitrogen and oxygen atoms in total. The molecule has 1 aliphatic heterocycles. The van der Waals surface area contributed by atoms with Crippen molar-refractivity contribution in [3.05, 3.63) is 36.3 Å². The number of nitrogen functional groups attached to an aromatic ring is 1. The number of fused-ring (bicyclic) bond motifs is 1. The molecule has 10 heteroatoms. The van der Waals surface area contributed by atoms with Gasteiger partial charge in [-0.2, -0.15) is 0 Å². The summed E-state index contributed by atoms with van der Waals surface area (Å²) in [4.78, 5) is 12.1. The molecule has 0 atom stereocenters. The molecule has 0 unspecified atom stereocenters. The second-order valence-electron chi connectivity index (χ2n) is 5.78. The van der Waals surface area contributed by atoms with E-state index in [1.165, 1.54) is 16.4 Å². The van der Waals surface area contributed by atoms with Crippen LogP contribution in [0.2, 0.25) is 0 Å². The van der Waals surface area contributed by atoms with Gasteiger partial charge < -0.3 is 25.1 Å². The molecule has 3 heterocycles. The number of aryl methyl sites for hydroxylation is 1. The zero-order valence-electron chi connectivity index (χ0n) is 14.5. The van der Waals surface area contributed by atoms with Crippen LogP contribution < -0.4 is 20.6 Å². The number of rotatable bonds is 6. The van der Waals surface area contributed by atoms with Crippen molar-refractivity contribution in [3.63, 3.8) is 0 Å². The number of carbonyl (C=O) groups excluding carboxylic acids is 1. The van der Waals surface area contributed by atoms with E-state index in [4.69, 9.17) is 19.7 Å². The number of nitrogens with two attached hydrogens (primary N) is 1. The number of hydrogen-bond donors (Lipinski definition) is 2. The SMILES string of the molecule is Cc1occc1-c1nnc(SCCC(=O)Nc2ccc3c(c2)OCO3)n1N. The summed E-state index contributed by atoms with van der Waals surface area (Å²) in [6.45, 7) is 2.03. The Hall–Kier alpha value is -3.14. The van der Waals surface area contributed by atoms with E-state index in [0.717, 1.165) is 5.56 Å². The van der Waals surface area contributed by atoms with Gasteiger partial charge in [0.15, 0.2) is 17.3 Å². The minimum Gasteiger partial charge on any atom is -0.469 e. The van der Waals surface area contributed by atoms with E-state index in [1.807, 2.05) is 6.92 Å². The van der Waals surface area contributed by atoms with Crippen LogP contribution in [-0.4, -0.2) is 33.3 Å². The molecule has 4 rings (SSSR count). The number of nitrogens with one attached hydrogen (secondary N) is 1. The van der Waals surface area contributed by atoms with Crippen molar-refractivity contribution >= 4 is 23.4 Å². The number of furan rings is 1. The Morgan fingerprint density at radius 2 is 2.15 bits per heavy atom. The van der Waals surface area contributed by atoms with E-state index in [0.29, 0.717) is 46.1 Å². The average Bonchev–Trinajstić information content (AvgIpc) is 3.36. The van der Waals surface area contributed by atoms with Crippen LogP contribution >= 0.6 is 11.8 Å². The van der Waals surface area contributed by atoms with Crippen molar-refractivity contribution in [2.45, 2.75) is 18.5 Å². The fourth-order valence-electron chi connectivity index (χ4n) is 2.61. The maximum absolute atomic E-state index is 12.1. The molecule has 0 aliphatic carbocycles. The largest absolute Gasteiger partial charge is 0.469 e. The van der Waals surface area contributed by atoms with Crippen LogP contribution in [0.3, 0.4) is 0 Å². The highest BCUT2D eigenvalue weighted by atomic mass is 32.2. The molecule has 0 bridgehead atoms. The summed E-state index contributed by atoms with van der Waals surface area (Å²) in [5.41, 5.74) is 1.45. The maximum Gasteiger partial charge on any atom is 0.231 e. The monoisotopic (exact) mass is 387 g/mol. The van der Waals surface area contributed by atoms with Gasteiger partial charge in [0.2, 0.25) is 17.9 Å². The number of ether oxygens (including phenoxy) is 2. The lowest BCUT2D eigenvalue weighted by Crippen LogP contribution is -2.14. The number of aromatic nitrogens is 3. The number of benzene rings is 1. The smallest absolute Gasteiger partial charge is 0.231 e. The second-order valence-corrected chi connectivity index (χ2v) is 6.84. The highest BCUT2D eigenvalue weighted by Gasteiger charge is 2.17. The molecule has 1 amide bonds. The van der Waals surface area contributed by atoms with Gasteiger partial charge in [-0.25, -0.2) is 4.68 Å². The van der Waals surface area contributed by atoms with Gasteiger partial charge in [-0.1, -0.05) is 11.8 Å². The summed E-state index contributed by atoms with van der Waals surface area (Å²) in [6, 6.07) is 7.07. The van der Waals surface area contributed by atoms with Gasteiger partial charge in [0, 0.05) is 23.9 Å². The van der Waals surface area contributed by atoms with Crippen LogP contribution in [0.5, 0.6) is 11.5 Å². The Morgan fingerprint density at radius 1 is 1.30 bits per heavy atom. The molecule has 0 saturated carbocycles.